The molecule has 2 N–H and O–H groups in total. The third-order valence-electron chi connectivity index (χ3n) is 4.00. The number of hydrogen-bond acceptors (Lipinski definition) is 4. The number of carbonyl (C=O) groups excluding carboxylic acids is 1. The van der Waals surface area contributed by atoms with Gasteiger partial charge in [0.1, 0.15) is 5.75 Å². The zero-order valence-corrected chi connectivity index (χ0v) is 14.1. The molecule has 1 atom stereocenters. The fraction of sp³-hybridized carbons (Fsp3) is 0.143. The molecule has 0 saturated heterocycles. The van der Waals surface area contributed by atoms with Gasteiger partial charge in [0.2, 0.25) is 0 Å². The largest absolute Gasteiger partial charge is 0.484 e. The van der Waals surface area contributed by atoms with E-state index in [0.717, 1.165) is 16.3 Å². The first-order valence-electron chi connectivity index (χ1n) is 8.22. The predicted molar refractivity (Wildman–Crippen MR) is 98.6 cm³/mol. The average Bonchev–Trinajstić information content (AvgIpc) is 2.70. The molecule has 0 aliphatic rings. The molecule has 0 bridgehead atoms. The van der Waals surface area contributed by atoms with Crippen molar-refractivity contribution in [3.8, 4) is 11.8 Å². The standard InChI is InChI=1S/C21H18N2O3/c22-12-15-5-9-19(10-6-15)26-14-21(25)23-13-20(24)18-8-7-16-3-1-2-4-17(16)11-18/h1-11,20,24H,13-14H2,(H,23,25)/t20-/m0/s1. The van der Waals surface area contributed by atoms with E-state index in [1.807, 2.05) is 48.5 Å². The van der Waals surface area contributed by atoms with E-state index in [0.29, 0.717) is 11.3 Å². The normalized spacial score (nSPS) is 11.5. The minimum Gasteiger partial charge on any atom is -0.484 e. The topological polar surface area (TPSA) is 82.3 Å². The third kappa shape index (κ3) is 4.38. The Morgan fingerprint density at radius 1 is 1.08 bits per heavy atom. The van der Waals surface area contributed by atoms with E-state index >= 15 is 0 Å². The Labute approximate surface area is 151 Å². The van der Waals surface area contributed by atoms with Crippen LogP contribution in [0.5, 0.6) is 5.75 Å². The molecule has 0 saturated carbocycles. The lowest BCUT2D eigenvalue weighted by atomic mass is 10.0. The van der Waals surface area contributed by atoms with Crippen LogP contribution in [0.15, 0.2) is 66.7 Å². The summed E-state index contributed by atoms with van der Waals surface area (Å²) in [5.74, 6) is 0.184. The zero-order valence-electron chi connectivity index (χ0n) is 14.1. The van der Waals surface area contributed by atoms with Gasteiger partial charge in [0.15, 0.2) is 6.61 Å². The number of aliphatic hydroxyl groups is 1. The first-order valence-corrected chi connectivity index (χ1v) is 8.22. The summed E-state index contributed by atoms with van der Waals surface area (Å²) in [5, 5.41) is 23.8. The van der Waals surface area contributed by atoms with Gasteiger partial charge in [-0.05, 0) is 46.7 Å². The number of nitriles is 1. The van der Waals surface area contributed by atoms with E-state index in [1.54, 1.807) is 24.3 Å². The number of nitrogens with zero attached hydrogens (tertiary/aromatic N) is 1. The molecule has 3 aromatic rings. The fourth-order valence-corrected chi connectivity index (χ4v) is 2.57. The number of hydrogen-bond donors (Lipinski definition) is 2. The van der Waals surface area contributed by atoms with Crippen LogP contribution in [0.1, 0.15) is 17.2 Å². The number of benzene rings is 3. The molecule has 1 amide bonds. The Morgan fingerprint density at radius 2 is 1.81 bits per heavy atom. The minimum atomic E-state index is -0.793. The van der Waals surface area contributed by atoms with Gasteiger partial charge in [0.05, 0.1) is 17.7 Å². The predicted octanol–water partition coefficient (Wildman–Crippen LogP) is 2.94. The summed E-state index contributed by atoms with van der Waals surface area (Å²) < 4.78 is 5.36. The molecule has 3 rings (SSSR count). The molecule has 0 unspecified atom stereocenters. The Bertz CT molecular complexity index is 945. The number of amides is 1. The van der Waals surface area contributed by atoms with E-state index < -0.39 is 6.10 Å². The molecule has 0 radical (unpaired) electrons. The maximum atomic E-state index is 11.9. The highest BCUT2D eigenvalue weighted by Gasteiger charge is 2.10. The molecule has 0 spiro atoms. The van der Waals surface area contributed by atoms with Crippen LogP contribution in [-0.2, 0) is 4.79 Å². The first kappa shape index (κ1) is 17.5. The molecule has 0 aromatic heterocycles. The van der Waals surface area contributed by atoms with E-state index in [9.17, 15) is 9.90 Å². The fourth-order valence-electron chi connectivity index (χ4n) is 2.57. The van der Waals surface area contributed by atoms with Crippen molar-refractivity contribution >= 4 is 16.7 Å². The summed E-state index contributed by atoms with van der Waals surface area (Å²) in [7, 11) is 0. The highest BCUT2D eigenvalue weighted by molar-refractivity contribution is 5.83. The highest BCUT2D eigenvalue weighted by Crippen LogP contribution is 2.20. The number of fused-ring (bicyclic) bond motifs is 1. The second kappa shape index (κ2) is 8.15. The quantitative estimate of drug-likeness (QED) is 0.719. The molecule has 0 aliphatic heterocycles. The summed E-state index contributed by atoms with van der Waals surface area (Å²) in [6.45, 7) is -0.0513. The number of ether oxygens (including phenoxy) is 1. The molecule has 0 heterocycles. The van der Waals surface area contributed by atoms with Crippen LogP contribution in [0.3, 0.4) is 0 Å². The Morgan fingerprint density at radius 3 is 2.54 bits per heavy atom. The lowest BCUT2D eigenvalue weighted by molar-refractivity contribution is -0.123. The molecule has 130 valence electrons. The summed E-state index contributed by atoms with van der Waals surface area (Å²) in [6, 6.07) is 22.1. The van der Waals surface area contributed by atoms with Crippen molar-refractivity contribution in [2.75, 3.05) is 13.2 Å². The van der Waals surface area contributed by atoms with Gasteiger partial charge < -0.3 is 15.2 Å². The monoisotopic (exact) mass is 346 g/mol. The van der Waals surface area contributed by atoms with Crippen LogP contribution in [0, 0.1) is 11.3 Å². The first-order chi connectivity index (χ1) is 12.7. The molecule has 0 fully saturated rings. The van der Waals surface area contributed by atoms with Gasteiger partial charge in [-0.25, -0.2) is 0 Å². The van der Waals surface area contributed by atoms with Crippen molar-refractivity contribution < 1.29 is 14.6 Å². The molecule has 5 nitrogen and oxygen atoms in total. The average molecular weight is 346 g/mol. The smallest absolute Gasteiger partial charge is 0.258 e. The molecular formula is C21H18N2O3. The molecule has 0 aliphatic carbocycles. The van der Waals surface area contributed by atoms with Crippen LogP contribution in [0.4, 0.5) is 0 Å². The second-order valence-corrected chi connectivity index (χ2v) is 5.85. The molecular weight excluding hydrogens is 328 g/mol. The summed E-state index contributed by atoms with van der Waals surface area (Å²) in [6.07, 6.45) is -0.793. The van der Waals surface area contributed by atoms with E-state index in [2.05, 4.69) is 5.32 Å². The zero-order chi connectivity index (χ0) is 18.4. The molecule has 26 heavy (non-hydrogen) atoms. The maximum Gasteiger partial charge on any atom is 0.258 e. The number of carbonyl (C=O) groups is 1. The molecule has 5 heteroatoms. The Kier molecular flexibility index (Phi) is 5.47. The van der Waals surface area contributed by atoms with Crippen LogP contribution >= 0.6 is 0 Å². The van der Waals surface area contributed by atoms with Crippen LogP contribution in [0.25, 0.3) is 10.8 Å². The van der Waals surface area contributed by atoms with E-state index in [1.165, 1.54) is 0 Å². The van der Waals surface area contributed by atoms with Gasteiger partial charge in [-0.2, -0.15) is 5.26 Å². The SMILES string of the molecule is N#Cc1ccc(OCC(=O)NC[C@H](O)c2ccc3ccccc3c2)cc1. The van der Waals surface area contributed by atoms with E-state index in [4.69, 9.17) is 10.00 Å². The van der Waals surface area contributed by atoms with Gasteiger partial charge >= 0.3 is 0 Å². The van der Waals surface area contributed by atoms with Crippen molar-refractivity contribution in [2.45, 2.75) is 6.10 Å². The number of nitrogens with one attached hydrogen (secondary N) is 1. The summed E-state index contributed by atoms with van der Waals surface area (Å²) >= 11 is 0. The summed E-state index contributed by atoms with van der Waals surface area (Å²) in [4.78, 5) is 11.9. The number of aliphatic hydroxyl groups excluding tert-OH is 1. The second-order valence-electron chi connectivity index (χ2n) is 5.85. The van der Waals surface area contributed by atoms with Gasteiger partial charge in [-0.15, -0.1) is 0 Å². The van der Waals surface area contributed by atoms with Crippen LogP contribution in [0.2, 0.25) is 0 Å². The van der Waals surface area contributed by atoms with Crippen molar-refractivity contribution in [1.29, 1.82) is 5.26 Å². The summed E-state index contributed by atoms with van der Waals surface area (Å²) in [5.41, 5.74) is 1.28. The van der Waals surface area contributed by atoms with Crippen LogP contribution in [-0.4, -0.2) is 24.2 Å². The van der Waals surface area contributed by atoms with Crippen molar-refractivity contribution in [3.05, 3.63) is 77.9 Å². The Balaban J connectivity index is 1.50. The third-order valence-corrected chi connectivity index (χ3v) is 4.00. The van der Waals surface area contributed by atoms with Crippen molar-refractivity contribution in [1.82, 2.24) is 5.32 Å². The molecule has 3 aromatic carbocycles. The Hall–Kier alpha value is -3.36. The van der Waals surface area contributed by atoms with Crippen molar-refractivity contribution in [3.63, 3.8) is 0 Å². The lowest BCUT2D eigenvalue weighted by Crippen LogP contribution is -2.32. The highest BCUT2D eigenvalue weighted by atomic mass is 16.5. The minimum absolute atomic E-state index is 0.105. The number of rotatable bonds is 6. The van der Waals surface area contributed by atoms with Gasteiger partial charge in [0.25, 0.3) is 5.91 Å². The van der Waals surface area contributed by atoms with Gasteiger partial charge in [-0.1, -0.05) is 36.4 Å². The maximum absolute atomic E-state index is 11.9. The van der Waals surface area contributed by atoms with Crippen LogP contribution < -0.4 is 10.1 Å². The van der Waals surface area contributed by atoms with Gasteiger partial charge in [0, 0.05) is 6.54 Å². The lowest BCUT2D eigenvalue weighted by Gasteiger charge is -2.13. The van der Waals surface area contributed by atoms with E-state index in [-0.39, 0.29) is 19.1 Å². The van der Waals surface area contributed by atoms with Crippen molar-refractivity contribution in [2.24, 2.45) is 0 Å². The van der Waals surface area contributed by atoms with Gasteiger partial charge in [-0.3, -0.25) is 4.79 Å².